The fraction of sp³-hybridized carbons (Fsp3) is 0.194. The molecule has 5 rings (SSSR count). The highest BCUT2D eigenvalue weighted by Crippen LogP contribution is 2.39. The molecule has 0 heterocycles. The molecule has 5 N–H and O–H groups in total. The van der Waals surface area contributed by atoms with Gasteiger partial charge in [0.15, 0.2) is 5.78 Å². The summed E-state index contributed by atoms with van der Waals surface area (Å²) in [6, 6.07) is 30.2. The van der Waals surface area contributed by atoms with Gasteiger partial charge in [0.1, 0.15) is 5.75 Å². The zero-order valence-corrected chi connectivity index (χ0v) is 20.0. The number of aliphatic hydroxyl groups excluding tert-OH is 1. The largest absolute Gasteiger partial charge is 0.461 e. The maximum absolute atomic E-state index is 13.1. The van der Waals surface area contributed by atoms with Gasteiger partial charge < -0.3 is 21.3 Å². The number of benzene rings is 4. The molecule has 1 aliphatic carbocycles. The first-order valence-electron chi connectivity index (χ1n) is 12.3. The zero-order chi connectivity index (χ0) is 25.1. The van der Waals surface area contributed by atoms with Crippen LogP contribution in [-0.4, -0.2) is 10.9 Å². The molecule has 0 amide bonds. The van der Waals surface area contributed by atoms with Gasteiger partial charge in [0.2, 0.25) is 6.29 Å². The first-order chi connectivity index (χ1) is 17.5. The number of anilines is 2. The summed E-state index contributed by atoms with van der Waals surface area (Å²) in [6.07, 6.45) is 1.86. The molecule has 0 radical (unpaired) electrons. The number of carbonyl (C=O) groups is 1. The molecule has 1 aliphatic rings. The van der Waals surface area contributed by atoms with Gasteiger partial charge in [0.05, 0.1) is 0 Å². The van der Waals surface area contributed by atoms with Gasteiger partial charge in [0.25, 0.3) is 0 Å². The summed E-state index contributed by atoms with van der Waals surface area (Å²) < 4.78 is 5.59. The van der Waals surface area contributed by atoms with Crippen molar-refractivity contribution in [2.75, 3.05) is 11.5 Å². The Morgan fingerprint density at radius 1 is 0.778 bits per heavy atom. The second-order valence-corrected chi connectivity index (χ2v) is 9.49. The van der Waals surface area contributed by atoms with E-state index in [-0.39, 0.29) is 11.7 Å². The number of nitrogen functional groups attached to an aromatic ring is 2. The van der Waals surface area contributed by atoms with Crippen molar-refractivity contribution in [1.29, 1.82) is 0 Å². The molecule has 5 heteroatoms. The molecule has 5 nitrogen and oxygen atoms in total. The Morgan fingerprint density at radius 2 is 1.33 bits per heavy atom. The lowest BCUT2D eigenvalue weighted by Gasteiger charge is -2.35. The number of aliphatic hydroxyl groups is 1. The van der Waals surface area contributed by atoms with Gasteiger partial charge in [-0.3, -0.25) is 4.79 Å². The van der Waals surface area contributed by atoms with Crippen molar-refractivity contribution in [3.8, 4) is 16.9 Å². The maximum atomic E-state index is 13.1. The molecule has 36 heavy (non-hydrogen) atoms. The number of ether oxygens (including phenoxy) is 1. The first kappa shape index (κ1) is 23.6. The summed E-state index contributed by atoms with van der Waals surface area (Å²) in [5.41, 5.74) is 17.5. The van der Waals surface area contributed by atoms with Crippen molar-refractivity contribution in [1.82, 2.24) is 0 Å². The van der Waals surface area contributed by atoms with Crippen molar-refractivity contribution in [2.45, 2.75) is 25.6 Å². The Balaban J connectivity index is 1.21. The van der Waals surface area contributed by atoms with E-state index in [0.29, 0.717) is 22.9 Å². The second kappa shape index (κ2) is 10.3. The Bertz CT molecular complexity index is 1310. The lowest BCUT2D eigenvalue weighted by molar-refractivity contribution is -0.0194. The van der Waals surface area contributed by atoms with Crippen LogP contribution >= 0.6 is 0 Å². The van der Waals surface area contributed by atoms with Gasteiger partial charge in [0, 0.05) is 28.4 Å². The number of ketones is 1. The smallest absolute Gasteiger partial charge is 0.224 e. The second-order valence-electron chi connectivity index (χ2n) is 9.49. The number of rotatable bonds is 8. The standard InChI is InChI=1S/C31H30N2O3/c32-26-12-1-20(2-13-26)19-25-11-18-29(25)30(34)23-7-3-21(4-8-23)22-5-9-24(10-6-22)31(35)36-28-16-14-27(33)15-17-28/h1-10,12-17,25,29,31,35H,11,18-19,32-33H2. The van der Waals surface area contributed by atoms with E-state index in [9.17, 15) is 9.90 Å². The van der Waals surface area contributed by atoms with Crippen LogP contribution < -0.4 is 16.2 Å². The minimum Gasteiger partial charge on any atom is -0.461 e. The number of nitrogens with two attached hydrogens (primary N) is 2. The van der Waals surface area contributed by atoms with Crippen molar-refractivity contribution < 1.29 is 14.6 Å². The van der Waals surface area contributed by atoms with E-state index in [0.717, 1.165) is 41.6 Å². The number of carbonyl (C=O) groups excluding carboxylic acids is 1. The number of Topliss-reactive ketones (excluding diaryl/α,β-unsaturated/α-hetero) is 1. The Kier molecular flexibility index (Phi) is 6.74. The molecule has 4 aromatic carbocycles. The van der Waals surface area contributed by atoms with E-state index in [4.69, 9.17) is 16.2 Å². The van der Waals surface area contributed by atoms with Gasteiger partial charge in [-0.1, -0.05) is 60.7 Å². The van der Waals surface area contributed by atoms with Crippen LogP contribution in [0.15, 0.2) is 97.1 Å². The lowest BCUT2D eigenvalue weighted by Crippen LogP contribution is -2.34. The van der Waals surface area contributed by atoms with Gasteiger partial charge in [-0.05, 0) is 78.3 Å². The molecule has 1 fully saturated rings. The number of hydrogen-bond donors (Lipinski definition) is 3. The molecule has 4 aromatic rings. The normalized spacial score (nSPS) is 17.7. The van der Waals surface area contributed by atoms with E-state index < -0.39 is 6.29 Å². The monoisotopic (exact) mass is 478 g/mol. The average Bonchev–Trinajstić information content (AvgIpc) is 2.89. The van der Waals surface area contributed by atoms with Crippen molar-refractivity contribution in [3.63, 3.8) is 0 Å². The van der Waals surface area contributed by atoms with E-state index >= 15 is 0 Å². The molecule has 3 atom stereocenters. The predicted octanol–water partition coefficient (Wildman–Crippen LogP) is 6.04. The Hall–Kier alpha value is -4.09. The maximum Gasteiger partial charge on any atom is 0.224 e. The average molecular weight is 479 g/mol. The Labute approximate surface area is 211 Å². The predicted molar refractivity (Wildman–Crippen MR) is 143 cm³/mol. The zero-order valence-electron chi connectivity index (χ0n) is 20.0. The summed E-state index contributed by atoms with van der Waals surface area (Å²) in [6.45, 7) is 0. The van der Waals surface area contributed by atoms with E-state index in [1.165, 1.54) is 5.56 Å². The molecule has 3 unspecified atom stereocenters. The highest BCUT2D eigenvalue weighted by Gasteiger charge is 2.36. The van der Waals surface area contributed by atoms with Crippen LogP contribution in [0, 0.1) is 11.8 Å². The van der Waals surface area contributed by atoms with Gasteiger partial charge in [-0.25, -0.2) is 0 Å². The third kappa shape index (κ3) is 5.26. The van der Waals surface area contributed by atoms with Gasteiger partial charge in [-0.15, -0.1) is 0 Å². The van der Waals surface area contributed by atoms with Crippen molar-refractivity contribution in [2.24, 2.45) is 11.8 Å². The molecule has 0 aliphatic heterocycles. The highest BCUT2D eigenvalue weighted by atomic mass is 16.6. The molecule has 0 bridgehead atoms. The molecule has 0 aromatic heterocycles. The van der Waals surface area contributed by atoms with Crippen LogP contribution in [0.5, 0.6) is 5.75 Å². The highest BCUT2D eigenvalue weighted by molar-refractivity contribution is 5.99. The van der Waals surface area contributed by atoms with Crippen LogP contribution in [-0.2, 0) is 6.42 Å². The third-order valence-corrected chi connectivity index (χ3v) is 7.06. The van der Waals surface area contributed by atoms with Crippen LogP contribution in [0.3, 0.4) is 0 Å². The Morgan fingerprint density at radius 3 is 1.89 bits per heavy atom. The molecule has 0 spiro atoms. The molecular formula is C31H30N2O3. The summed E-state index contributed by atoms with van der Waals surface area (Å²) in [4.78, 5) is 13.1. The van der Waals surface area contributed by atoms with E-state index in [2.05, 4.69) is 12.1 Å². The molecule has 182 valence electrons. The topological polar surface area (TPSA) is 98.6 Å². The molecule has 1 saturated carbocycles. The summed E-state index contributed by atoms with van der Waals surface area (Å²) in [7, 11) is 0. The molecular weight excluding hydrogens is 448 g/mol. The summed E-state index contributed by atoms with van der Waals surface area (Å²) >= 11 is 0. The fourth-order valence-electron chi connectivity index (χ4n) is 4.74. The van der Waals surface area contributed by atoms with E-state index in [1.54, 1.807) is 24.3 Å². The third-order valence-electron chi connectivity index (χ3n) is 7.06. The van der Waals surface area contributed by atoms with Crippen LogP contribution in [0.1, 0.15) is 40.6 Å². The SMILES string of the molecule is Nc1ccc(CC2CCC2C(=O)c2ccc(-c3ccc(C(O)Oc4ccc(N)cc4)cc3)cc2)cc1. The minimum absolute atomic E-state index is 0.0789. The van der Waals surface area contributed by atoms with Crippen molar-refractivity contribution in [3.05, 3.63) is 114 Å². The number of hydrogen-bond acceptors (Lipinski definition) is 5. The molecule has 0 saturated heterocycles. The summed E-state index contributed by atoms with van der Waals surface area (Å²) in [5, 5.41) is 10.4. The van der Waals surface area contributed by atoms with Crippen LogP contribution in [0.2, 0.25) is 0 Å². The summed E-state index contributed by atoms with van der Waals surface area (Å²) in [5.74, 6) is 1.24. The minimum atomic E-state index is -1.08. The van der Waals surface area contributed by atoms with Gasteiger partial charge in [-0.2, -0.15) is 0 Å². The van der Waals surface area contributed by atoms with Crippen LogP contribution in [0.4, 0.5) is 11.4 Å². The van der Waals surface area contributed by atoms with E-state index in [1.807, 2.05) is 60.7 Å². The fourth-order valence-corrected chi connectivity index (χ4v) is 4.74. The van der Waals surface area contributed by atoms with Gasteiger partial charge >= 0.3 is 0 Å². The van der Waals surface area contributed by atoms with Crippen LogP contribution in [0.25, 0.3) is 11.1 Å². The van der Waals surface area contributed by atoms with Crippen molar-refractivity contribution >= 4 is 17.2 Å². The first-order valence-corrected chi connectivity index (χ1v) is 12.3. The quantitative estimate of drug-likeness (QED) is 0.163. The lowest BCUT2D eigenvalue weighted by atomic mass is 9.67.